The van der Waals surface area contributed by atoms with Crippen molar-refractivity contribution in [1.82, 2.24) is 9.97 Å². The van der Waals surface area contributed by atoms with Gasteiger partial charge in [0.15, 0.2) is 11.5 Å². The van der Waals surface area contributed by atoms with Crippen molar-refractivity contribution in [3.63, 3.8) is 0 Å². The van der Waals surface area contributed by atoms with E-state index in [9.17, 15) is 4.57 Å². The lowest BCUT2D eigenvalue weighted by Gasteiger charge is -2.17. The number of hydrogen-bond acceptors (Lipinski definition) is 5. The number of rotatable bonds is 4. The normalized spacial score (nSPS) is 11.6. The number of fused-ring (bicyclic) bond motifs is 2. The van der Waals surface area contributed by atoms with Crippen LogP contribution in [0.1, 0.15) is 0 Å². The Hall–Kier alpha value is -2.95. The van der Waals surface area contributed by atoms with Crippen LogP contribution in [0, 0.1) is 0 Å². The molecule has 0 aliphatic carbocycles. The number of aromatic nitrogens is 2. The molecule has 25 heavy (non-hydrogen) atoms. The zero-order chi connectivity index (χ0) is 17.3. The van der Waals surface area contributed by atoms with Crippen LogP contribution < -0.4 is 14.6 Å². The van der Waals surface area contributed by atoms with E-state index in [1.165, 1.54) is 0 Å². The Bertz CT molecular complexity index is 1020. The van der Waals surface area contributed by atoms with Gasteiger partial charge < -0.3 is 9.05 Å². The predicted octanol–water partition coefficient (Wildman–Crippen LogP) is 4.31. The summed E-state index contributed by atoms with van der Waals surface area (Å²) in [6, 6.07) is 18.0. The van der Waals surface area contributed by atoms with Crippen LogP contribution in [0.5, 0.6) is 11.5 Å². The Morgan fingerprint density at radius 3 is 1.64 bits per heavy atom. The topological polar surface area (TPSA) is 87.3 Å². The van der Waals surface area contributed by atoms with Crippen LogP contribution in [-0.2, 0) is 4.57 Å². The molecule has 124 valence electrons. The fraction of sp³-hybridized carbons (Fsp3) is 0. The van der Waals surface area contributed by atoms with Crippen molar-refractivity contribution in [2.75, 3.05) is 0 Å². The van der Waals surface area contributed by atoms with E-state index in [0.29, 0.717) is 22.5 Å². The fourth-order valence-electron chi connectivity index (χ4n) is 2.59. The molecule has 0 atom stereocenters. The van der Waals surface area contributed by atoms with Crippen LogP contribution in [0.15, 0.2) is 73.1 Å². The molecule has 0 unspecified atom stereocenters. The molecular formula is C18H14N3O3P. The number of para-hydroxylation sites is 2. The highest BCUT2D eigenvalue weighted by Gasteiger charge is 2.24. The summed E-state index contributed by atoms with van der Waals surface area (Å²) >= 11 is 0. The van der Waals surface area contributed by atoms with Gasteiger partial charge in [-0.2, -0.15) is 0 Å². The first-order valence-corrected chi connectivity index (χ1v) is 9.19. The first kappa shape index (κ1) is 15.6. The van der Waals surface area contributed by atoms with Crippen molar-refractivity contribution in [3.05, 3.63) is 73.1 Å². The molecule has 2 aromatic carbocycles. The third kappa shape index (κ3) is 3.18. The molecular weight excluding hydrogens is 337 g/mol. The average molecular weight is 351 g/mol. The Labute approximate surface area is 143 Å². The molecule has 0 aliphatic heterocycles. The van der Waals surface area contributed by atoms with Gasteiger partial charge in [-0.3, -0.25) is 9.97 Å². The minimum atomic E-state index is -3.93. The van der Waals surface area contributed by atoms with Crippen LogP contribution in [0.25, 0.3) is 21.8 Å². The minimum Gasteiger partial charge on any atom is -0.402 e. The minimum absolute atomic E-state index is 0.303. The summed E-state index contributed by atoms with van der Waals surface area (Å²) in [7, 11) is -3.93. The highest BCUT2D eigenvalue weighted by molar-refractivity contribution is 7.52. The molecule has 2 N–H and O–H groups in total. The molecule has 0 saturated carbocycles. The number of hydrogen-bond donors (Lipinski definition) is 1. The lowest BCUT2D eigenvalue weighted by atomic mass is 10.2. The summed E-state index contributed by atoms with van der Waals surface area (Å²) in [4.78, 5) is 8.51. The summed E-state index contributed by atoms with van der Waals surface area (Å²) in [6.07, 6.45) is 3.26. The quantitative estimate of drug-likeness (QED) is 0.551. The molecule has 0 saturated heterocycles. The number of nitrogens with zero attached hydrogens (tertiary/aromatic N) is 2. The van der Waals surface area contributed by atoms with Crippen LogP contribution in [0.4, 0.5) is 0 Å². The fourth-order valence-corrected chi connectivity index (χ4v) is 3.47. The monoisotopic (exact) mass is 351 g/mol. The molecule has 2 heterocycles. The Morgan fingerprint density at radius 1 is 0.720 bits per heavy atom. The molecule has 0 bridgehead atoms. The number of pyridine rings is 2. The first-order valence-electron chi connectivity index (χ1n) is 7.58. The summed E-state index contributed by atoms with van der Waals surface area (Å²) in [6.45, 7) is 0. The van der Waals surface area contributed by atoms with Gasteiger partial charge in [0.1, 0.15) is 11.0 Å². The number of benzene rings is 2. The van der Waals surface area contributed by atoms with E-state index in [1.807, 2.05) is 36.4 Å². The van der Waals surface area contributed by atoms with E-state index in [0.717, 1.165) is 10.8 Å². The van der Waals surface area contributed by atoms with Crippen LogP contribution >= 0.6 is 7.75 Å². The lowest BCUT2D eigenvalue weighted by Crippen LogP contribution is -2.09. The van der Waals surface area contributed by atoms with E-state index >= 15 is 0 Å². The van der Waals surface area contributed by atoms with Gasteiger partial charge in [0.25, 0.3) is 0 Å². The van der Waals surface area contributed by atoms with Crippen molar-refractivity contribution in [3.8, 4) is 11.5 Å². The summed E-state index contributed by atoms with van der Waals surface area (Å²) < 4.78 is 23.7. The highest BCUT2D eigenvalue weighted by Crippen LogP contribution is 2.44. The molecule has 0 amide bonds. The average Bonchev–Trinajstić information content (AvgIpc) is 2.62. The molecule has 6 nitrogen and oxygen atoms in total. The summed E-state index contributed by atoms with van der Waals surface area (Å²) in [5.41, 5.74) is 6.95. The molecule has 4 aromatic rings. The van der Waals surface area contributed by atoms with Crippen molar-refractivity contribution in [2.45, 2.75) is 0 Å². The van der Waals surface area contributed by atoms with E-state index in [2.05, 4.69) is 9.97 Å². The SMILES string of the molecule is NP(=O)(Oc1cccc2cccnc12)Oc1cccc2cccnc12. The van der Waals surface area contributed by atoms with Crippen LogP contribution in [0.2, 0.25) is 0 Å². The smallest absolute Gasteiger partial charge is 0.402 e. The summed E-state index contributed by atoms with van der Waals surface area (Å²) in [5.74, 6) is 0.606. The van der Waals surface area contributed by atoms with Gasteiger partial charge in [0.2, 0.25) is 0 Å². The van der Waals surface area contributed by atoms with Gasteiger partial charge in [-0.15, -0.1) is 0 Å². The maximum absolute atomic E-state index is 12.7. The maximum atomic E-state index is 12.7. The zero-order valence-corrected chi connectivity index (χ0v) is 14.0. The first-order chi connectivity index (χ1) is 12.1. The highest BCUT2D eigenvalue weighted by atomic mass is 31.2. The van der Waals surface area contributed by atoms with Gasteiger partial charge in [-0.1, -0.05) is 36.4 Å². The van der Waals surface area contributed by atoms with Gasteiger partial charge >= 0.3 is 7.75 Å². The molecule has 7 heteroatoms. The van der Waals surface area contributed by atoms with Gasteiger partial charge in [-0.05, 0) is 24.3 Å². The Balaban J connectivity index is 1.69. The Morgan fingerprint density at radius 2 is 1.16 bits per heavy atom. The third-order valence-corrected chi connectivity index (χ3v) is 4.54. The zero-order valence-electron chi connectivity index (χ0n) is 13.1. The molecule has 0 radical (unpaired) electrons. The van der Waals surface area contributed by atoms with E-state index in [4.69, 9.17) is 14.6 Å². The molecule has 0 aliphatic rings. The predicted molar refractivity (Wildman–Crippen MR) is 96.5 cm³/mol. The Kier molecular flexibility index (Phi) is 3.84. The third-order valence-electron chi connectivity index (χ3n) is 3.64. The van der Waals surface area contributed by atoms with E-state index < -0.39 is 7.75 Å². The van der Waals surface area contributed by atoms with E-state index in [1.54, 1.807) is 36.7 Å². The van der Waals surface area contributed by atoms with Crippen LogP contribution in [-0.4, -0.2) is 9.97 Å². The molecule has 0 fully saturated rings. The van der Waals surface area contributed by atoms with Gasteiger partial charge in [-0.25, -0.2) is 10.1 Å². The van der Waals surface area contributed by atoms with E-state index in [-0.39, 0.29) is 0 Å². The molecule has 4 rings (SSSR count). The van der Waals surface area contributed by atoms with Crippen molar-refractivity contribution in [2.24, 2.45) is 5.50 Å². The van der Waals surface area contributed by atoms with Crippen molar-refractivity contribution >= 4 is 29.6 Å². The van der Waals surface area contributed by atoms with Crippen LogP contribution in [0.3, 0.4) is 0 Å². The van der Waals surface area contributed by atoms with Gasteiger partial charge in [0, 0.05) is 23.2 Å². The molecule has 2 aromatic heterocycles. The number of nitrogens with two attached hydrogens (primary N) is 1. The largest absolute Gasteiger partial charge is 0.510 e. The standard InChI is InChI=1S/C18H14N3O3P/c19-25(22,23-15-9-1-5-13-7-3-11-20-17(13)15)24-16-10-2-6-14-8-4-12-21-18(14)16/h1-12H,(H2,19,22). The van der Waals surface area contributed by atoms with Crippen molar-refractivity contribution < 1.29 is 13.6 Å². The lowest BCUT2D eigenvalue weighted by molar-refractivity contribution is 0.390. The van der Waals surface area contributed by atoms with Gasteiger partial charge in [0.05, 0.1) is 0 Å². The molecule has 0 spiro atoms. The van der Waals surface area contributed by atoms with Crippen molar-refractivity contribution in [1.29, 1.82) is 0 Å². The second-order valence-corrected chi connectivity index (χ2v) is 6.83. The summed E-state index contributed by atoms with van der Waals surface area (Å²) in [5, 5.41) is 1.71. The maximum Gasteiger partial charge on any atom is 0.510 e. The second kappa shape index (κ2) is 6.16. The second-order valence-electron chi connectivity index (χ2n) is 5.38.